The number of para-hydroxylation sites is 1. The van der Waals surface area contributed by atoms with E-state index in [0.29, 0.717) is 32.1 Å². The summed E-state index contributed by atoms with van der Waals surface area (Å²) in [5, 5.41) is 0. The molecule has 2 rings (SSSR count). The van der Waals surface area contributed by atoms with Crippen molar-refractivity contribution in [3.8, 4) is 5.75 Å². The van der Waals surface area contributed by atoms with E-state index in [-0.39, 0.29) is 11.7 Å². The lowest BCUT2D eigenvalue weighted by atomic mass is 10.2. The summed E-state index contributed by atoms with van der Waals surface area (Å²) in [5.74, 6) is 0.652. The fourth-order valence-electron chi connectivity index (χ4n) is 1.94. The maximum absolute atomic E-state index is 12.4. The van der Waals surface area contributed by atoms with Crippen LogP contribution in [0.15, 0.2) is 36.3 Å². The molecule has 0 unspecified atom stereocenters. The molecule has 5 heteroatoms. The molecule has 1 aliphatic heterocycles. The lowest BCUT2D eigenvalue weighted by molar-refractivity contribution is -0.133. The van der Waals surface area contributed by atoms with Crippen molar-refractivity contribution in [1.82, 2.24) is 4.90 Å². The van der Waals surface area contributed by atoms with Gasteiger partial charge >= 0.3 is 0 Å². The summed E-state index contributed by atoms with van der Waals surface area (Å²) >= 11 is 0. The number of rotatable bonds is 4. The molecule has 1 aromatic rings. The average Bonchev–Trinajstić information content (AvgIpc) is 2.49. The Bertz CT molecular complexity index is 492. The topological polar surface area (TPSA) is 48.0 Å². The van der Waals surface area contributed by atoms with E-state index in [1.807, 2.05) is 31.2 Å². The number of benzene rings is 1. The van der Waals surface area contributed by atoms with Gasteiger partial charge in [-0.2, -0.15) is 0 Å². The number of carbonyl (C=O) groups is 1. The Morgan fingerprint density at radius 2 is 2.00 bits per heavy atom. The Morgan fingerprint density at radius 1 is 1.30 bits per heavy atom. The third kappa shape index (κ3) is 3.51. The van der Waals surface area contributed by atoms with E-state index < -0.39 is 0 Å². The third-order valence-electron chi connectivity index (χ3n) is 3.05. The molecule has 0 aromatic heterocycles. The van der Waals surface area contributed by atoms with Gasteiger partial charge in [0.25, 0.3) is 5.91 Å². The van der Waals surface area contributed by atoms with Crippen molar-refractivity contribution in [1.29, 1.82) is 0 Å². The van der Waals surface area contributed by atoms with E-state index >= 15 is 0 Å². The monoisotopic (exact) mass is 277 g/mol. The van der Waals surface area contributed by atoms with Crippen molar-refractivity contribution in [2.45, 2.75) is 6.92 Å². The van der Waals surface area contributed by atoms with E-state index in [0.717, 1.165) is 5.56 Å². The Morgan fingerprint density at radius 3 is 2.65 bits per heavy atom. The summed E-state index contributed by atoms with van der Waals surface area (Å²) in [5.41, 5.74) is 0.962. The van der Waals surface area contributed by atoms with Gasteiger partial charge < -0.3 is 19.1 Å². The van der Waals surface area contributed by atoms with Gasteiger partial charge in [-0.05, 0) is 18.6 Å². The van der Waals surface area contributed by atoms with Crippen LogP contribution in [0.5, 0.6) is 5.75 Å². The number of aryl methyl sites for hydroxylation is 1. The van der Waals surface area contributed by atoms with Crippen LogP contribution in [0.25, 0.3) is 0 Å². The average molecular weight is 277 g/mol. The Labute approximate surface area is 118 Å². The molecule has 1 aromatic carbocycles. The lowest BCUT2D eigenvalue weighted by Gasteiger charge is -2.27. The van der Waals surface area contributed by atoms with Crippen molar-refractivity contribution < 1.29 is 19.0 Å². The first-order valence-electron chi connectivity index (χ1n) is 6.56. The molecule has 1 saturated heterocycles. The second-order valence-corrected chi connectivity index (χ2v) is 4.49. The minimum Gasteiger partial charge on any atom is -0.500 e. The van der Waals surface area contributed by atoms with Gasteiger partial charge in [-0.15, -0.1) is 0 Å². The molecule has 108 valence electrons. The highest BCUT2D eigenvalue weighted by Crippen LogP contribution is 2.20. The van der Waals surface area contributed by atoms with Crippen molar-refractivity contribution in [3.05, 3.63) is 41.9 Å². The van der Waals surface area contributed by atoms with Crippen LogP contribution in [0.3, 0.4) is 0 Å². The van der Waals surface area contributed by atoms with Crippen LogP contribution >= 0.6 is 0 Å². The number of ether oxygens (including phenoxy) is 3. The van der Waals surface area contributed by atoms with Gasteiger partial charge in [0.05, 0.1) is 20.3 Å². The van der Waals surface area contributed by atoms with Crippen molar-refractivity contribution in [2.75, 3.05) is 33.4 Å². The maximum atomic E-state index is 12.4. The summed E-state index contributed by atoms with van der Waals surface area (Å²) in [6, 6.07) is 7.54. The second-order valence-electron chi connectivity index (χ2n) is 4.49. The quantitative estimate of drug-likeness (QED) is 0.621. The van der Waals surface area contributed by atoms with Crippen molar-refractivity contribution in [2.24, 2.45) is 0 Å². The number of hydrogen-bond donors (Lipinski definition) is 0. The first kappa shape index (κ1) is 14.4. The fourth-order valence-corrected chi connectivity index (χ4v) is 1.94. The molecule has 0 bridgehead atoms. The van der Waals surface area contributed by atoms with Gasteiger partial charge in [0.15, 0.2) is 0 Å². The van der Waals surface area contributed by atoms with Crippen LogP contribution in [-0.2, 0) is 14.3 Å². The summed E-state index contributed by atoms with van der Waals surface area (Å²) < 4.78 is 15.9. The molecule has 1 heterocycles. The van der Waals surface area contributed by atoms with E-state index in [1.54, 1.807) is 4.90 Å². The minimum atomic E-state index is -0.182. The van der Waals surface area contributed by atoms with Gasteiger partial charge in [-0.3, -0.25) is 4.79 Å². The Kier molecular flexibility index (Phi) is 5.01. The van der Waals surface area contributed by atoms with Crippen LogP contribution in [0.4, 0.5) is 0 Å². The van der Waals surface area contributed by atoms with Gasteiger partial charge in [0, 0.05) is 13.1 Å². The molecule has 1 fully saturated rings. The van der Waals surface area contributed by atoms with Crippen LogP contribution in [0, 0.1) is 6.92 Å². The second kappa shape index (κ2) is 6.96. The van der Waals surface area contributed by atoms with Crippen molar-refractivity contribution in [3.63, 3.8) is 0 Å². The molecule has 0 spiro atoms. The normalized spacial score (nSPS) is 15.9. The van der Waals surface area contributed by atoms with Crippen LogP contribution in [-0.4, -0.2) is 44.2 Å². The highest BCUT2D eigenvalue weighted by atomic mass is 16.5. The fraction of sp³-hybridized carbons (Fsp3) is 0.400. The lowest BCUT2D eigenvalue weighted by Crippen LogP contribution is -2.42. The largest absolute Gasteiger partial charge is 0.500 e. The molecule has 0 saturated carbocycles. The van der Waals surface area contributed by atoms with E-state index in [4.69, 9.17) is 14.2 Å². The molecule has 5 nitrogen and oxygen atoms in total. The van der Waals surface area contributed by atoms with E-state index in [1.165, 1.54) is 13.4 Å². The molecule has 1 amide bonds. The molecule has 0 radical (unpaired) electrons. The zero-order valence-electron chi connectivity index (χ0n) is 11.8. The summed E-state index contributed by atoms with van der Waals surface area (Å²) in [7, 11) is 1.49. The van der Waals surface area contributed by atoms with E-state index in [9.17, 15) is 4.79 Å². The number of hydrogen-bond acceptors (Lipinski definition) is 4. The first-order valence-corrected chi connectivity index (χ1v) is 6.56. The van der Waals surface area contributed by atoms with E-state index in [2.05, 4.69) is 0 Å². The van der Waals surface area contributed by atoms with Gasteiger partial charge in [0.1, 0.15) is 12.0 Å². The predicted molar refractivity (Wildman–Crippen MR) is 74.3 cm³/mol. The minimum absolute atomic E-state index is 0.182. The van der Waals surface area contributed by atoms with Crippen LogP contribution < -0.4 is 4.74 Å². The zero-order chi connectivity index (χ0) is 14.4. The number of carbonyl (C=O) groups excluding carboxylic acids is 1. The molecule has 0 N–H and O–H groups in total. The van der Waals surface area contributed by atoms with Gasteiger partial charge in [-0.25, -0.2) is 0 Å². The van der Waals surface area contributed by atoms with Crippen LogP contribution in [0.2, 0.25) is 0 Å². The molecular formula is C15H19NO4. The van der Waals surface area contributed by atoms with Crippen LogP contribution in [0.1, 0.15) is 5.56 Å². The predicted octanol–water partition coefficient (Wildman–Crippen LogP) is 1.72. The standard InChI is InChI=1S/C15H19NO4/c1-12-5-3-4-6-13(12)20-14(11-18-2)15(17)16-7-9-19-10-8-16/h3-6,11H,7-10H2,1-2H3. The highest BCUT2D eigenvalue weighted by Gasteiger charge is 2.23. The molecule has 1 aliphatic rings. The number of methoxy groups -OCH3 is 1. The first-order chi connectivity index (χ1) is 9.72. The molecular weight excluding hydrogens is 258 g/mol. The van der Waals surface area contributed by atoms with Crippen molar-refractivity contribution >= 4 is 5.91 Å². The zero-order valence-corrected chi connectivity index (χ0v) is 11.8. The smallest absolute Gasteiger partial charge is 0.293 e. The maximum Gasteiger partial charge on any atom is 0.293 e. The summed E-state index contributed by atoms with van der Waals surface area (Å²) in [4.78, 5) is 14.1. The molecule has 20 heavy (non-hydrogen) atoms. The SMILES string of the molecule is COC=C(Oc1ccccc1C)C(=O)N1CCOCC1. The van der Waals surface area contributed by atoms with Gasteiger partial charge in [-0.1, -0.05) is 18.2 Å². The number of amides is 1. The Balaban J connectivity index is 2.13. The number of nitrogens with zero attached hydrogens (tertiary/aromatic N) is 1. The number of morpholine rings is 1. The molecule has 0 atom stereocenters. The highest BCUT2D eigenvalue weighted by molar-refractivity contribution is 5.91. The summed E-state index contributed by atoms with van der Waals surface area (Å²) in [6.45, 7) is 4.17. The van der Waals surface area contributed by atoms with Gasteiger partial charge in [0.2, 0.25) is 5.76 Å². The third-order valence-corrected chi connectivity index (χ3v) is 3.05. The summed E-state index contributed by atoms with van der Waals surface area (Å²) in [6.07, 6.45) is 1.34. The Hall–Kier alpha value is -2.01. The molecule has 0 aliphatic carbocycles.